The van der Waals surface area contributed by atoms with Crippen LogP contribution in [-0.4, -0.2) is 46.9 Å². The maximum absolute atomic E-state index is 11.8. The standard InChI is InChI=1S/2C15H12O4.Mg/c2*16-14(17)12-8-4-5-9-13(12)15(18)19-10-11-6-2-1-3-7-11;/h2*1-9H,10H2,(H,16,17);/q;;+2/p-2. The van der Waals surface area contributed by atoms with Crippen LogP contribution in [0.1, 0.15) is 52.6 Å². The SMILES string of the molecule is O=C([O-])c1ccccc1C(=O)OCc1ccccc1.O=C([O-])c1ccccc1C(=O)OCc1ccccc1.[Mg+2]. The van der Waals surface area contributed by atoms with E-state index in [2.05, 4.69) is 0 Å². The summed E-state index contributed by atoms with van der Waals surface area (Å²) in [5, 5.41) is 21.8. The fourth-order valence-electron chi connectivity index (χ4n) is 3.28. The monoisotopic (exact) mass is 534 g/mol. The zero-order valence-corrected chi connectivity index (χ0v) is 22.2. The van der Waals surface area contributed by atoms with Crippen molar-refractivity contribution in [3.05, 3.63) is 143 Å². The average Bonchev–Trinajstić information content (AvgIpc) is 2.96. The summed E-state index contributed by atoms with van der Waals surface area (Å²) in [6.07, 6.45) is 0. The van der Waals surface area contributed by atoms with E-state index >= 15 is 0 Å². The topological polar surface area (TPSA) is 133 Å². The van der Waals surface area contributed by atoms with Gasteiger partial charge in [-0.15, -0.1) is 0 Å². The minimum atomic E-state index is -1.40. The van der Waals surface area contributed by atoms with E-state index in [1.54, 1.807) is 12.1 Å². The molecule has 0 fully saturated rings. The van der Waals surface area contributed by atoms with Gasteiger partial charge in [-0.25, -0.2) is 9.59 Å². The van der Waals surface area contributed by atoms with Crippen LogP contribution >= 0.6 is 0 Å². The third-order valence-electron chi connectivity index (χ3n) is 5.16. The molecule has 0 radical (unpaired) electrons. The summed E-state index contributed by atoms with van der Waals surface area (Å²) in [5.41, 5.74) is 1.33. The van der Waals surface area contributed by atoms with Crippen LogP contribution < -0.4 is 10.2 Å². The number of carboxylic acids is 2. The number of hydrogen-bond donors (Lipinski definition) is 0. The summed E-state index contributed by atoms with van der Waals surface area (Å²) in [7, 11) is 0. The number of rotatable bonds is 8. The Labute approximate surface area is 241 Å². The van der Waals surface area contributed by atoms with Crippen molar-refractivity contribution in [1.82, 2.24) is 0 Å². The van der Waals surface area contributed by atoms with Gasteiger partial charge >= 0.3 is 35.0 Å². The maximum atomic E-state index is 11.8. The van der Waals surface area contributed by atoms with Crippen LogP contribution in [0.25, 0.3) is 0 Å². The molecule has 9 heteroatoms. The summed E-state index contributed by atoms with van der Waals surface area (Å²) in [5.74, 6) is -4.15. The number of carbonyl (C=O) groups is 4. The van der Waals surface area contributed by atoms with Crippen molar-refractivity contribution in [2.24, 2.45) is 0 Å². The van der Waals surface area contributed by atoms with Crippen molar-refractivity contribution in [3.8, 4) is 0 Å². The van der Waals surface area contributed by atoms with Gasteiger partial charge in [-0.05, 0) is 23.3 Å². The smallest absolute Gasteiger partial charge is 0.545 e. The second-order valence-electron chi connectivity index (χ2n) is 7.79. The van der Waals surface area contributed by atoms with E-state index in [1.807, 2.05) is 60.7 Å². The van der Waals surface area contributed by atoms with Gasteiger partial charge in [0.2, 0.25) is 0 Å². The van der Waals surface area contributed by atoms with E-state index in [4.69, 9.17) is 9.47 Å². The van der Waals surface area contributed by atoms with Gasteiger partial charge in [0.15, 0.2) is 0 Å². The Balaban J connectivity index is 0.000000267. The van der Waals surface area contributed by atoms with Crippen molar-refractivity contribution in [2.45, 2.75) is 13.2 Å². The Bertz CT molecular complexity index is 1300. The number of aromatic carboxylic acids is 2. The van der Waals surface area contributed by atoms with Gasteiger partial charge in [0.1, 0.15) is 13.2 Å². The molecule has 39 heavy (non-hydrogen) atoms. The van der Waals surface area contributed by atoms with Crippen molar-refractivity contribution >= 4 is 46.9 Å². The Morgan fingerprint density at radius 1 is 0.462 bits per heavy atom. The predicted molar refractivity (Wildman–Crippen MR) is 138 cm³/mol. The van der Waals surface area contributed by atoms with Gasteiger partial charge in [0.05, 0.1) is 23.1 Å². The van der Waals surface area contributed by atoms with Crippen molar-refractivity contribution in [3.63, 3.8) is 0 Å². The van der Waals surface area contributed by atoms with Crippen LogP contribution in [0.2, 0.25) is 0 Å². The quantitative estimate of drug-likeness (QED) is 0.249. The van der Waals surface area contributed by atoms with Crippen molar-refractivity contribution in [1.29, 1.82) is 0 Å². The van der Waals surface area contributed by atoms with Gasteiger partial charge in [-0.2, -0.15) is 0 Å². The van der Waals surface area contributed by atoms with Gasteiger partial charge in [-0.1, -0.05) is 97.1 Å². The number of benzene rings is 4. The minimum Gasteiger partial charge on any atom is -0.545 e. The first-order valence-corrected chi connectivity index (χ1v) is 11.4. The normalized spacial score (nSPS) is 9.64. The second-order valence-corrected chi connectivity index (χ2v) is 7.79. The van der Waals surface area contributed by atoms with Crippen LogP contribution in [0.3, 0.4) is 0 Å². The molecular weight excluding hydrogens is 513 g/mol. The molecule has 0 bridgehead atoms. The Kier molecular flexibility index (Phi) is 12.4. The van der Waals surface area contributed by atoms with E-state index < -0.39 is 23.9 Å². The Morgan fingerprint density at radius 3 is 1.05 bits per heavy atom. The number of hydrogen-bond acceptors (Lipinski definition) is 8. The first kappa shape index (κ1) is 30.7. The Morgan fingerprint density at radius 2 is 0.744 bits per heavy atom. The fourth-order valence-corrected chi connectivity index (χ4v) is 3.28. The van der Waals surface area contributed by atoms with E-state index in [0.29, 0.717) is 0 Å². The fraction of sp³-hybridized carbons (Fsp3) is 0.0667. The van der Waals surface area contributed by atoms with Gasteiger partial charge < -0.3 is 29.3 Å². The number of carboxylic acid groups (broad SMARTS) is 2. The van der Waals surface area contributed by atoms with Crippen LogP contribution in [0.5, 0.6) is 0 Å². The molecule has 0 aromatic heterocycles. The largest absolute Gasteiger partial charge is 2.00 e. The average molecular weight is 535 g/mol. The molecule has 4 rings (SSSR count). The molecule has 4 aromatic rings. The molecule has 0 N–H and O–H groups in total. The molecule has 0 saturated heterocycles. The molecule has 0 spiro atoms. The molecule has 0 atom stereocenters. The van der Waals surface area contributed by atoms with Crippen LogP contribution in [0.4, 0.5) is 0 Å². The molecule has 0 amide bonds. The molecule has 192 valence electrons. The third-order valence-corrected chi connectivity index (χ3v) is 5.16. The predicted octanol–water partition coefficient (Wildman–Crippen LogP) is 2.43. The number of esters is 2. The van der Waals surface area contributed by atoms with Crippen LogP contribution in [-0.2, 0) is 22.7 Å². The minimum absolute atomic E-state index is 0. The summed E-state index contributed by atoms with van der Waals surface area (Å²) in [4.78, 5) is 45.4. The summed E-state index contributed by atoms with van der Waals surface area (Å²) in [6, 6.07) is 29.9. The number of carbonyl (C=O) groups excluding carboxylic acids is 4. The van der Waals surface area contributed by atoms with E-state index in [9.17, 15) is 29.4 Å². The summed E-state index contributed by atoms with van der Waals surface area (Å²) in [6.45, 7) is 0.197. The number of ether oxygens (including phenoxy) is 2. The van der Waals surface area contributed by atoms with Crippen molar-refractivity contribution < 1.29 is 38.9 Å². The van der Waals surface area contributed by atoms with Gasteiger partial charge in [-0.3, -0.25) is 0 Å². The van der Waals surface area contributed by atoms with E-state index in [0.717, 1.165) is 11.1 Å². The van der Waals surface area contributed by atoms with Crippen LogP contribution in [0.15, 0.2) is 109 Å². The molecular formula is C30H22MgO8. The van der Waals surface area contributed by atoms with E-state index in [-0.39, 0.29) is 58.5 Å². The van der Waals surface area contributed by atoms with E-state index in [1.165, 1.54) is 36.4 Å². The molecule has 0 unspecified atom stereocenters. The zero-order chi connectivity index (χ0) is 27.3. The third kappa shape index (κ3) is 9.40. The molecule has 0 saturated carbocycles. The zero-order valence-electron chi connectivity index (χ0n) is 20.8. The molecule has 8 nitrogen and oxygen atoms in total. The molecule has 0 aliphatic rings. The van der Waals surface area contributed by atoms with Crippen LogP contribution in [0, 0.1) is 0 Å². The molecule has 0 aliphatic heterocycles. The molecule has 0 heterocycles. The first-order chi connectivity index (χ1) is 18.4. The summed E-state index contributed by atoms with van der Waals surface area (Å²) >= 11 is 0. The second kappa shape index (κ2) is 15.7. The van der Waals surface area contributed by atoms with Gasteiger partial charge in [0, 0.05) is 11.1 Å². The van der Waals surface area contributed by atoms with Gasteiger partial charge in [0.25, 0.3) is 0 Å². The Hall–Kier alpha value is -4.47. The summed E-state index contributed by atoms with van der Waals surface area (Å²) < 4.78 is 10.1. The molecule has 0 aliphatic carbocycles. The first-order valence-electron chi connectivity index (χ1n) is 11.4. The molecule has 4 aromatic carbocycles. The van der Waals surface area contributed by atoms with Crippen molar-refractivity contribution in [2.75, 3.05) is 0 Å². The maximum Gasteiger partial charge on any atom is 2.00 e.